The predicted molar refractivity (Wildman–Crippen MR) is 126 cm³/mol. The van der Waals surface area contributed by atoms with E-state index in [0.29, 0.717) is 19.1 Å². The van der Waals surface area contributed by atoms with Gasteiger partial charge in [-0.05, 0) is 38.7 Å². The molecule has 4 rings (SSSR count). The monoisotopic (exact) mass is 476 g/mol. The highest BCUT2D eigenvalue weighted by atomic mass is 32.2. The van der Waals surface area contributed by atoms with Gasteiger partial charge in [0, 0.05) is 48.3 Å². The summed E-state index contributed by atoms with van der Waals surface area (Å²) in [6.07, 6.45) is 9.75. The smallest absolute Gasteiger partial charge is 0.241 e. The summed E-state index contributed by atoms with van der Waals surface area (Å²) in [7, 11) is -1.41. The summed E-state index contributed by atoms with van der Waals surface area (Å²) in [5.74, 6) is 0.849. The Morgan fingerprint density at radius 3 is 2.73 bits per heavy atom. The number of aliphatic hydroxyl groups is 1. The quantitative estimate of drug-likeness (QED) is 0.481. The Labute approximate surface area is 193 Å². The van der Waals surface area contributed by atoms with Crippen molar-refractivity contribution in [2.45, 2.75) is 57.2 Å². The number of nitrogens with one attached hydrogen (secondary N) is 1. The lowest BCUT2D eigenvalue weighted by Gasteiger charge is -2.25. The van der Waals surface area contributed by atoms with E-state index in [0.717, 1.165) is 48.0 Å². The molecule has 11 heteroatoms. The summed E-state index contributed by atoms with van der Waals surface area (Å²) in [6, 6.07) is 2.19. The molecule has 0 aliphatic heterocycles. The molecular formula is C22H32N6O4S. The Hall–Kier alpha value is -2.50. The highest BCUT2D eigenvalue weighted by Gasteiger charge is 2.26. The van der Waals surface area contributed by atoms with E-state index in [-0.39, 0.29) is 23.8 Å². The van der Waals surface area contributed by atoms with E-state index in [4.69, 9.17) is 9.84 Å². The van der Waals surface area contributed by atoms with Crippen LogP contribution in [0.15, 0.2) is 24.7 Å². The third-order valence-corrected chi connectivity index (χ3v) is 7.01. The fraction of sp³-hybridized carbons (Fsp3) is 0.591. The minimum absolute atomic E-state index is 0.0398. The number of hydrogen-bond donors (Lipinski definition) is 2. The van der Waals surface area contributed by atoms with Gasteiger partial charge in [-0.3, -0.25) is 4.68 Å². The Morgan fingerprint density at radius 1 is 1.27 bits per heavy atom. The molecule has 1 aliphatic carbocycles. The average molecular weight is 477 g/mol. The molecular weight excluding hydrogens is 444 g/mol. The minimum atomic E-state index is -3.07. The van der Waals surface area contributed by atoms with Gasteiger partial charge in [-0.1, -0.05) is 0 Å². The first-order valence-corrected chi connectivity index (χ1v) is 13.3. The van der Waals surface area contributed by atoms with Crippen molar-refractivity contribution in [1.29, 1.82) is 0 Å². The molecule has 0 saturated heterocycles. The molecule has 33 heavy (non-hydrogen) atoms. The summed E-state index contributed by atoms with van der Waals surface area (Å²) in [6.45, 7) is 2.85. The minimum Gasteiger partial charge on any atom is -0.393 e. The van der Waals surface area contributed by atoms with Crippen LogP contribution < -0.4 is 5.32 Å². The van der Waals surface area contributed by atoms with Gasteiger partial charge in [-0.25, -0.2) is 17.9 Å². The molecule has 180 valence electrons. The number of aryl methyl sites for hydroxylation is 1. The molecule has 3 aromatic heterocycles. The maximum absolute atomic E-state index is 11.5. The Kier molecular flexibility index (Phi) is 7.01. The van der Waals surface area contributed by atoms with Crippen LogP contribution >= 0.6 is 0 Å². The number of sulfone groups is 1. The zero-order valence-corrected chi connectivity index (χ0v) is 20.1. The van der Waals surface area contributed by atoms with Crippen LogP contribution in [0.5, 0.6) is 0 Å². The van der Waals surface area contributed by atoms with Crippen molar-refractivity contribution in [2.24, 2.45) is 0 Å². The Bertz CT molecular complexity index is 1200. The largest absolute Gasteiger partial charge is 0.393 e. The van der Waals surface area contributed by atoms with Crippen LogP contribution in [-0.4, -0.2) is 75.8 Å². The number of aromatic nitrogens is 5. The number of aliphatic hydroxyl groups excluding tert-OH is 1. The van der Waals surface area contributed by atoms with Gasteiger partial charge in [0.2, 0.25) is 5.95 Å². The molecule has 1 aliphatic rings. The van der Waals surface area contributed by atoms with Gasteiger partial charge >= 0.3 is 0 Å². The maximum atomic E-state index is 11.5. The van der Waals surface area contributed by atoms with E-state index in [9.17, 15) is 13.5 Å². The molecule has 0 bridgehead atoms. The van der Waals surface area contributed by atoms with Gasteiger partial charge in [0.1, 0.15) is 9.84 Å². The zero-order chi connectivity index (χ0) is 23.6. The number of hydrogen-bond acceptors (Lipinski definition) is 8. The molecule has 1 fully saturated rings. The van der Waals surface area contributed by atoms with Crippen molar-refractivity contribution in [3.8, 4) is 11.1 Å². The zero-order valence-electron chi connectivity index (χ0n) is 19.3. The second kappa shape index (κ2) is 9.78. The summed E-state index contributed by atoms with van der Waals surface area (Å²) < 4.78 is 31.8. The van der Waals surface area contributed by atoms with Crippen molar-refractivity contribution in [3.05, 3.63) is 30.4 Å². The molecule has 1 saturated carbocycles. The predicted octanol–water partition coefficient (Wildman–Crippen LogP) is 2.10. The van der Waals surface area contributed by atoms with Crippen LogP contribution in [0.3, 0.4) is 0 Å². The molecule has 0 amide bonds. The van der Waals surface area contributed by atoms with Crippen molar-refractivity contribution in [2.75, 3.05) is 31.0 Å². The standard InChI is InChI=1S/C22H32N6O4S/c1-15(14-32-2)25-22-23-12-21-19(17-11-24-27(13-17)8-9-33(3,30)31)10-20(28(21)26-22)16-4-6-18(29)7-5-16/h10-13,15-16,18,29H,4-9,14H2,1-3H3,(H,25,26)/t15-,16?,18?/m0/s1. The fourth-order valence-electron chi connectivity index (χ4n) is 4.37. The van der Waals surface area contributed by atoms with E-state index < -0.39 is 9.84 Å². The van der Waals surface area contributed by atoms with Crippen LogP contribution in [0, 0.1) is 0 Å². The number of ether oxygens (including phenoxy) is 1. The highest BCUT2D eigenvalue weighted by molar-refractivity contribution is 7.90. The SMILES string of the molecule is COC[C@H](C)Nc1ncc2c(-c3cnn(CCS(C)(=O)=O)c3)cc(C3CCC(O)CC3)n2n1. The fourth-order valence-corrected chi connectivity index (χ4v) is 4.89. The van der Waals surface area contributed by atoms with Crippen LogP contribution in [0.4, 0.5) is 5.95 Å². The van der Waals surface area contributed by atoms with Gasteiger partial charge in [0.05, 0.1) is 42.9 Å². The summed E-state index contributed by atoms with van der Waals surface area (Å²) in [4.78, 5) is 4.52. The van der Waals surface area contributed by atoms with Gasteiger partial charge in [0.25, 0.3) is 0 Å². The normalized spacial score (nSPS) is 20.2. The Balaban J connectivity index is 1.70. The van der Waals surface area contributed by atoms with Crippen molar-refractivity contribution in [1.82, 2.24) is 24.4 Å². The molecule has 0 radical (unpaired) electrons. The lowest BCUT2D eigenvalue weighted by atomic mass is 9.85. The first kappa shape index (κ1) is 23.7. The third kappa shape index (κ3) is 5.71. The topological polar surface area (TPSA) is 124 Å². The van der Waals surface area contributed by atoms with E-state index in [1.54, 1.807) is 24.2 Å². The molecule has 3 heterocycles. The van der Waals surface area contributed by atoms with Crippen molar-refractivity contribution in [3.63, 3.8) is 0 Å². The van der Waals surface area contributed by atoms with Crippen molar-refractivity contribution >= 4 is 21.3 Å². The number of fused-ring (bicyclic) bond motifs is 1. The van der Waals surface area contributed by atoms with Gasteiger partial charge in [-0.15, -0.1) is 5.10 Å². The maximum Gasteiger partial charge on any atom is 0.241 e. The third-order valence-electron chi connectivity index (χ3n) is 6.09. The van der Waals surface area contributed by atoms with E-state index >= 15 is 0 Å². The summed E-state index contributed by atoms with van der Waals surface area (Å²) in [5, 5.41) is 22.4. The van der Waals surface area contributed by atoms with Crippen LogP contribution in [0.1, 0.15) is 44.2 Å². The molecule has 2 N–H and O–H groups in total. The molecule has 0 spiro atoms. The number of rotatable bonds is 9. The second-order valence-electron chi connectivity index (χ2n) is 8.99. The molecule has 1 atom stereocenters. The van der Waals surface area contributed by atoms with Gasteiger partial charge < -0.3 is 15.2 Å². The van der Waals surface area contributed by atoms with Gasteiger partial charge in [-0.2, -0.15) is 5.10 Å². The average Bonchev–Trinajstić information content (AvgIpc) is 3.37. The van der Waals surface area contributed by atoms with Crippen LogP contribution in [0.25, 0.3) is 16.6 Å². The molecule has 0 unspecified atom stereocenters. The van der Waals surface area contributed by atoms with E-state index in [2.05, 4.69) is 21.5 Å². The molecule has 10 nitrogen and oxygen atoms in total. The molecule has 0 aromatic carbocycles. The summed E-state index contributed by atoms with van der Waals surface area (Å²) >= 11 is 0. The summed E-state index contributed by atoms with van der Waals surface area (Å²) in [5.41, 5.74) is 3.79. The lowest BCUT2D eigenvalue weighted by Crippen LogP contribution is -2.23. The van der Waals surface area contributed by atoms with E-state index in [1.807, 2.05) is 17.6 Å². The first-order chi connectivity index (χ1) is 15.7. The second-order valence-corrected chi connectivity index (χ2v) is 11.2. The first-order valence-electron chi connectivity index (χ1n) is 11.3. The van der Waals surface area contributed by atoms with E-state index in [1.165, 1.54) is 6.26 Å². The van der Waals surface area contributed by atoms with Crippen molar-refractivity contribution < 1.29 is 18.3 Å². The van der Waals surface area contributed by atoms with Crippen LogP contribution in [0.2, 0.25) is 0 Å². The highest BCUT2D eigenvalue weighted by Crippen LogP contribution is 2.37. The lowest BCUT2D eigenvalue weighted by molar-refractivity contribution is 0.121. The number of anilines is 1. The van der Waals surface area contributed by atoms with Gasteiger partial charge in [0.15, 0.2) is 0 Å². The molecule has 3 aromatic rings. The Morgan fingerprint density at radius 2 is 2.03 bits per heavy atom. The number of methoxy groups -OCH3 is 1. The van der Waals surface area contributed by atoms with Crippen LogP contribution in [-0.2, 0) is 21.1 Å². The number of nitrogens with zero attached hydrogens (tertiary/aromatic N) is 5.